The van der Waals surface area contributed by atoms with Gasteiger partial charge in [0.05, 0.1) is 12.0 Å². The summed E-state index contributed by atoms with van der Waals surface area (Å²) in [5.74, 6) is -0.608. The lowest BCUT2D eigenvalue weighted by Crippen LogP contribution is -2.42. The standard InChI is InChI=1S/C22H20BrNO5S/c1-13-5-4-6-15(9-13)12-29-18-8-7-17(23)10-16(18)11-19-20(25)24(22(27)30-19)14(2)21(26)28-3/h4-11,14H,12H2,1-3H3/b19-11+/t14-/m0/s1. The molecule has 0 aromatic heterocycles. The summed E-state index contributed by atoms with van der Waals surface area (Å²) in [5, 5.41) is -0.513. The van der Waals surface area contributed by atoms with Gasteiger partial charge in [-0.1, -0.05) is 45.8 Å². The number of hydrogen-bond acceptors (Lipinski definition) is 6. The Labute approximate surface area is 187 Å². The smallest absolute Gasteiger partial charge is 0.328 e. The van der Waals surface area contributed by atoms with Crippen molar-refractivity contribution in [1.82, 2.24) is 4.90 Å². The first-order valence-electron chi connectivity index (χ1n) is 9.13. The van der Waals surface area contributed by atoms with E-state index >= 15 is 0 Å². The van der Waals surface area contributed by atoms with E-state index in [1.165, 1.54) is 14.0 Å². The maximum Gasteiger partial charge on any atom is 0.328 e. The predicted molar refractivity (Wildman–Crippen MR) is 119 cm³/mol. The number of benzene rings is 2. The number of methoxy groups -OCH3 is 1. The third-order valence-corrected chi connectivity index (χ3v) is 5.87. The van der Waals surface area contributed by atoms with Crippen LogP contribution in [0.15, 0.2) is 51.8 Å². The van der Waals surface area contributed by atoms with E-state index in [0.29, 0.717) is 17.9 Å². The Balaban J connectivity index is 1.86. The fraction of sp³-hybridized carbons (Fsp3) is 0.227. The maximum absolute atomic E-state index is 12.8. The minimum absolute atomic E-state index is 0.217. The second-order valence-electron chi connectivity index (χ2n) is 6.71. The number of aryl methyl sites for hydroxylation is 1. The zero-order valence-corrected chi connectivity index (χ0v) is 19.1. The molecule has 0 bridgehead atoms. The van der Waals surface area contributed by atoms with Crippen molar-refractivity contribution in [1.29, 1.82) is 0 Å². The van der Waals surface area contributed by atoms with Gasteiger partial charge in [0.25, 0.3) is 11.1 Å². The highest BCUT2D eigenvalue weighted by Gasteiger charge is 2.41. The van der Waals surface area contributed by atoms with Gasteiger partial charge in [0, 0.05) is 10.0 Å². The molecule has 0 spiro atoms. The van der Waals surface area contributed by atoms with Crippen molar-refractivity contribution in [3.8, 4) is 5.75 Å². The number of halogens is 1. The van der Waals surface area contributed by atoms with Crippen LogP contribution in [0.5, 0.6) is 5.75 Å². The Morgan fingerprint density at radius 1 is 1.23 bits per heavy atom. The van der Waals surface area contributed by atoms with Crippen LogP contribution in [0.3, 0.4) is 0 Å². The van der Waals surface area contributed by atoms with Gasteiger partial charge in [-0.2, -0.15) is 0 Å². The van der Waals surface area contributed by atoms with Crippen LogP contribution in [0.4, 0.5) is 4.79 Å². The molecule has 2 aromatic carbocycles. The third kappa shape index (κ3) is 4.94. The fourth-order valence-corrected chi connectivity index (χ4v) is 4.24. The van der Waals surface area contributed by atoms with E-state index < -0.39 is 23.2 Å². The topological polar surface area (TPSA) is 72.9 Å². The molecule has 0 unspecified atom stereocenters. The summed E-state index contributed by atoms with van der Waals surface area (Å²) in [5.41, 5.74) is 2.81. The summed E-state index contributed by atoms with van der Waals surface area (Å²) < 4.78 is 11.4. The summed E-state index contributed by atoms with van der Waals surface area (Å²) in [6, 6.07) is 12.5. The molecule has 2 amide bonds. The highest BCUT2D eigenvalue weighted by molar-refractivity contribution is 9.10. The molecule has 0 aliphatic carbocycles. The Kier molecular flexibility index (Phi) is 6.99. The summed E-state index contributed by atoms with van der Waals surface area (Å²) >= 11 is 4.21. The van der Waals surface area contributed by atoms with Crippen molar-refractivity contribution < 1.29 is 23.9 Å². The maximum atomic E-state index is 12.8. The van der Waals surface area contributed by atoms with Gasteiger partial charge in [-0.15, -0.1) is 0 Å². The monoisotopic (exact) mass is 489 g/mol. The molecule has 1 aliphatic rings. The van der Waals surface area contributed by atoms with Crippen LogP contribution < -0.4 is 4.74 Å². The number of thioether (sulfide) groups is 1. The lowest BCUT2D eigenvalue weighted by atomic mass is 10.1. The van der Waals surface area contributed by atoms with E-state index in [2.05, 4.69) is 20.7 Å². The first kappa shape index (κ1) is 22.1. The molecule has 1 fully saturated rings. The minimum Gasteiger partial charge on any atom is -0.488 e. The lowest BCUT2D eigenvalue weighted by Gasteiger charge is -2.18. The summed E-state index contributed by atoms with van der Waals surface area (Å²) in [6.45, 7) is 3.84. The first-order valence-corrected chi connectivity index (χ1v) is 10.7. The third-order valence-electron chi connectivity index (χ3n) is 4.49. The summed E-state index contributed by atoms with van der Waals surface area (Å²) in [7, 11) is 1.22. The van der Waals surface area contributed by atoms with Crippen LogP contribution in [-0.4, -0.2) is 35.2 Å². The molecule has 0 radical (unpaired) electrons. The van der Waals surface area contributed by atoms with Gasteiger partial charge in [-0.05, 0) is 55.4 Å². The zero-order chi connectivity index (χ0) is 21.8. The molecule has 6 nitrogen and oxygen atoms in total. The summed E-state index contributed by atoms with van der Waals surface area (Å²) in [6.07, 6.45) is 1.60. The van der Waals surface area contributed by atoms with Crippen LogP contribution in [0.2, 0.25) is 0 Å². The number of nitrogens with zero attached hydrogens (tertiary/aromatic N) is 1. The number of amides is 2. The van der Waals surface area contributed by atoms with Gasteiger partial charge < -0.3 is 9.47 Å². The van der Waals surface area contributed by atoms with E-state index in [9.17, 15) is 14.4 Å². The van der Waals surface area contributed by atoms with E-state index in [1.807, 2.05) is 43.3 Å². The number of esters is 1. The van der Waals surface area contributed by atoms with Crippen molar-refractivity contribution in [2.45, 2.75) is 26.5 Å². The Morgan fingerprint density at radius 3 is 2.70 bits per heavy atom. The molecule has 1 saturated heterocycles. The van der Waals surface area contributed by atoms with Gasteiger partial charge >= 0.3 is 5.97 Å². The average Bonchev–Trinajstić information content (AvgIpc) is 2.99. The van der Waals surface area contributed by atoms with E-state index in [-0.39, 0.29) is 4.91 Å². The molecular formula is C22H20BrNO5S. The van der Waals surface area contributed by atoms with Crippen molar-refractivity contribution in [3.05, 3.63) is 68.5 Å². The van der Waals surface area contributed by atoms with Gasteiger partial charge in [-0.3, -0.25) is 14.5 Å². The van der Waals surface area contributed by atoms with E-state index in [1.54, 1.807) is 12.1 Å². The second-order valence-corrected chi connectivity index (χ2v) is 8.62. The van der Waals surface area contributed by atoms with Crippen LogP contribution in [-0.2, 0) is 20.9 Å². The SMILES string of the molecule is COC(=O)[C@H](C)N1C(=O)S/C(=C/c2cc(Br)ccc2OCc2cccc(C)c2)C1=O. The van der Waals surface area contributed by atoms with Crippen LogP contribution in [0, 0.1) is 6.92 Å². The minimum atomic E-state index is -0.993. The fourth-order valence-electron chi connectivity index (χ4n) is 2.96. The van der Waals surface area contributed by atoms with Crippen molar-refractivity contribution >= 4 is 50.9 Å². The number of imide groups is 1. The van der Waals surface area contributed by atoms with Crippen molar-refractivity contribution in [2.75, 3.05) is 7.11 Å². The van der Waals surface area contributed by atoms with Gasteiger partial charge in [0.1, 0.15) is 18.4 Å². The van der Waals surface area contributed by atoms with Crippen molar-refractivity contribution in [2.24, 2.45) is 0 Å². The Hall–Kier alpha value is -2.58. The van der Waals surface area contributed by atoms with E-state index in [4.69, 9.17) is 4.74 Å². The molecular weight excluding hydrogens is 470 g/mol. The number of carbonyl (C=O) groups is 3. The van der Waals surface area contributed by atoms with Crippen molar-refractivity contribution in [3.63, 3.8) is 0 Å². The molecule has 8 heteroatoms. The molecule has 2 aromatic rings. The second kappa shape index (κ2) is 9.49. The molecule has 1 atom stereocenters. The number of carbonyl (C=O) groups excluding carboxylic acids is 3. The highest BCUT2D eigenvalue weighted by atomic mass is 79.9. The van der Waals surface area contributed by atoms with Gasteiger partial charge in [0.15, 0.2) is 0 Å². The number of hydrogen-bond donors (Lipinski definition) is 0. The van der Waals surface area contributed by atoms with Crippen LogP contribution >= 0.6 is 27.7 Å². The molecule has 0 N–H and O–H groups in total. The number of ether oxygens (including phenoxy) is 2. The molecule has 30 heavy (non-hydrogen) atoms. The zero-order valence-electron chi connectivity index (χ0n) is 16.7. The van der Waals surface area contributed by atoms with Gasteiger partial charge in [0.2, 0.25) is 0 Å². The molecule has 156 valence electrons. The quantitative estimate of drug-likeness (QED) is 0.422. The number of rotatable bonds is 6. The molecule has 3 rings (SSSR count). The largest absolute Gasteiger partial charge is 0.488 e. The van der Waals surface area contributed by atoms with Crippen LogP contribution in [0.1, 0.15) is 23.6 Å². The normalized spacial score (nSPS) is 16.1. The average molecular weight is 490 g/mol. The summed E-state index contributed by atoms with van der Waals surface area (Å²) in [4.78, 5) is 38.0. The first-order chi connectivity index (χ1) is 14.3. The Bertz CT molecular complexity index is 1040. The van der Waals surface area contributed by atoms with Gasteiger partial charge in [-0.25, -0.2) is 4.79 Å². The Morgan fingerprint density at radius 2 is 2.00 bits per heavy atom. The van der Waals surface area contributed by atoms with Crippen LogP contribution in [0.25, 0.3) is 6.08 Å². The molecule has 1 aliphatic heterocycles. The van der Waals surface area contributed by atoms with E-state index in [0.717, 1.165) is 32.3 Å². The predicted octanol–water partition coefficient (Wildman–Crippen LogP) is 4.93. The highest BCUT2D eigenvalue weighted by Crippen LogP contribution is 2.36. The molecule has 1 heterocycles. The lowest BCUT2D eigenvalue weighted by molar-refractivity contribution is -0.148. The molecule has 0 saturated carbocycles.